The van der Waals surface area contributed by atoms with Crippen LogP contribution in [0.5, 0.6) is 0 Å². The van der Waals surface area contributed by atoms with Gasteiger partial charge < -0.3 is 20.5 Å². The Morgan fingerprint density at radius 3 is 2.81 bits per heavy atom. The highest BCUT2D eigenvalue weighted by Crippen LogP contribution is 2.29. The minimum Gasteiger partial charge on any atom is -0.481 e. The topological polar surface area (TPSA) is 87.7 Å². The van der Waals surface area contributed by atoms with E-state index in [1.807, 2.05) is 19.1 Å². The van der Waals surface area contributed by atoms with Gasteiger partial charge in [-0.15, -0.1) is 0 Å². The fourth-order valence-corrected chi connectivity index (χ4v) is 2.64. The molecule has 2 amide bonds. The van der Waals surface area contributed by atoms with Crippen LogP contribution in [0.1, 0.15) is 12.5 Å². The number of carboxylic acids is 1. The molecule has 0 radical (unpaired) electrons. The third-order valence-electron chi connectivity index (χ3n) is 3.69. The second-order valence-electron chi connectivity index (χ2n) is 5.35. The molecule has 0 saturated carbocycles. The van der Waals surface area contributed by atoms with Crippen LogP contribution in [-0.2, 0) is 9.53 Å². The highest BCUT2D eigenvalue weighted by molar-refractivity contribution is 9.10. The van der Waals surface area contributed by atoms with Gasteiger partial charge in [0.2, 0.25) is 0 Å². The molecule has 1 aliphatic heterocycles. The lowest BCUT2D eigenvalue weighted by atomic mass is 9.85. The normalized spacial score (nSPS) is 24.6. The summed E-state index contributed by atoms with van der Waals surface area (Å²) in [5.74, 6) is -0.981. The number of urea groups is 1. The maximum absolute atomic E-state index is 12.0. The maximum atomic E-state index is 12.0. The van der Waals surface area contributed by atoms with Gasteiger partial charge in [-0.05, 0) is 37.6 Å². The Morgan fingerprint density at radius 2 is 2.19 bits per heavy atom. The molecule has 2 atom stereocenters. The molecular weight excluding hydrogens is 340 g/mol. The third kappa shape index (κ3) is 3.36. The summed E-state index contributed by atoms with van der Waals surface area (Å²) in [6, 6.07) is 4.48. The van der Waals surface area contributed by atoms with Gasteiger partial charge in [-0.1, -0.05) is 15.9 Å². The van der Waals surface area contributed by atoms with Crippen molar-refractivity contribution in [3.05, 3.63) is 28.2 Å². The van der Waals surface area contributed by atoms with Crippen molar-refractivity contribution in [1.82, 2.24) is 5.32 Å². The van der Waals surface area contributed by atoms with Crippen LogP contribution in [0.3, 0.4) is 0 Å². The quantitative estimate of drug-likeness (QED) is 0.775. The molecule has 0 aromatic heterocycles. The van der Waals surface area contributed by atoms with Gasteiger partial charge in [-0.25, -0.2) is 4.79 Å². The summed E-state index contributed by atoms with van der Waals surface area (Å²) in [6.45, 7) is 3.72. The molecule has 1 heterocycles. The minimum absolute atomic E-state index is 0.0879. The standard InChI is InChI=1S/C14H17BrN2O4/c1-8-5-9(15)3-4-10(8)16-13(20)17-11-6-21-7-14(11,2)12(18)19/h3-5,11H,6-7H2,1-2H3,(H,18,19)(H2,16,17,20). The zero-order valence-electron chi connectivity index (χ0n) is 11.8. The summed E-state index contributed by atoms with van der Waals surface area (Å²) in [5, 5.41) is 14.7. The minimum atomic E-state index is -1.11. The Morgan fingerprint density at radius 1 is 1.48 bits per heavy atom. The SMILES string of the molecule is Cc1cc(Br)ccc1NC(=O)NC1COCC1(C)C(=O)O. The number of anilines is 1. The van der Waals surface area contributed by atoms with Crippen LogP contribution in [0.15, 0.2) is 22.7 Å². The molecule has 0 spiro atoms. The molecule has 7 heteroatoms. The molecule has 1 aromatic rings. The van der Waals surface area contributed by atoms with Gasteiger partial charge in [-0.2, -0.15) is 0 Å². The summed E-state index contributed by atoms with van der Waals surface area (Å²) in [7, 11) is 0. The second-order valence-corrected chi connectivity index (χ2v) is 6.26. The number of hydrogen-bond donors (Lipinski definition) is 3. The highest BCUT2D eigenvalue weighted by Gasteiger charge is 2.47. The van der Waals surface area contributed by atoms with Gasteiger partial charge in [0.05, 0.1) is 19.3 Å². The van der Waals surface area contributed by atoms with E-state index in [-0.39, 0.29) is 13.2 Å². The zero-order chi connectivity index (χ0) is 15.6. The number of hydrogen-bond acceptors (Lipinski definition) is 3. The molecule has 1 aromatic carbocycles. The van der Waals surface area contributed by atoms with E-state index in [4.69, 9.17) is 4.74 Å². The van der Waals surface area contributed by atoms with Gasteiger partial charge in [0.1, 0.15) is 5.41 Å². The molecule has 1 fully saturated rings. The number of amides is 2. The van der Waals surface area contributed by atoms with Crippen molar-refractivity contribution in [3.8, 4) is 0 Å². The second kappa shape index (κ2) is 6.03. The number of rotatable bonds is 3. The first-order valence-electron chi connectivity index (χ1n) is 6.48. The Labute approximate surface area is 131 Å². The molecule has 114 valence electrons. The van der Waals surface area contributed by atoms with Crippen molar-refractivity contribution in [2.45, 2.75) is 19.9 Å². The van der Waals surface area contributed by atoms with Crippen molar-refractivity contribution < 1.29 is 19.4 Å². The average molecular weight is 357 g/mol. The van der Waals surface area contributed by atoms with Crippen molar-refractivity contribution in [2.75, 3.05) is 18.5 Å². The highest BCUT2D eigenvalue weighted by atomic mass is 79.9. The lowest BCUT2D eigenvalue weighted by Crippen LogP contribution is -2.50. The van der Waals surface area contributed by atoms with E-state index in [1.165, 1.54) is 0 Å². The van der Waals surface area contributed by atoms with E-state index < -0.39 is 23.5 Å². The molecule has 21 heavy (non-hydrogen) atoms. The van der Waals surface area contributed by atoms with Crippen molar-refractivity contribution in [3.63, 3.8) is 0 Å². The first-order valence-corrected chi connectivity index (χ1v) is 7.27. The fourth-order valence-electron chi connectivity index (χ4n) is 2.17. The summed E-state index contributed by atoms with van der Waals surface area (Å²) in [6.07, 6.45) is 0. The number of ether oxygens (including phenoxy) is 1. The summed E-state index contributed by atoms with van der Waals surface area (Å²) >= 11 is 3.35. The smallest absolute Gasteiger partial charge is 0.319 e. The zero-order valence-corrected chi connectivity index (χ0v) is 13.4. The predicted octanol–water partition coefficient (Wildman–Crippen LogP) is 2.37. The van der Waals surface area contributed by atoms with Crippen LogP contribution < -0.4 is 10.6 Å². The van der Waals surface area contributed by atoms with Gasteiger partial charge in [0.15, 0.2) is 0 Å². The number of carbonyl (C=O) groups is 2. The molecule has 3 N–H and O–H groups in total. The van der Waals surface area contributed by atoms with E-state index in [2.05, 4.69) is 26.6 Å². The van der Waals surface area contributed by atoms with Crippen LogP contribution in [0, 0.1) is 12.3 Å². The largest absolute Gasteiger partial charge is 0.481 e. The van der Waals surface area contributed by atoms with Crippen molar-refractivity contribution in [2.24, 2.45) is 5.41 Å². The monoisotopic (exact) mass is 356 g/mol. The van der Waals surface area contributed by atoms with E-state index in [0.717, 1.165) is 10.0 Å². The first-order chi connectivity index (χ1) is 9.83. The summed E-state index contributed by atoms with van der Waals surface area (Å²) in [4.78, 5) is 23.3. The molecule has 2 rings (SSSR count). The van der Waals surface area contributed by atoms with E-state index in [1.54, 1.807) is 13.0 Å². The molecule has 1 aliphatic rings. The van der Waals surface area contributed by atoms with Gasteiger partial charge in [-0.3, -0.25) is 4.79 Å². The van der Waals surface area contributed by atoms with Gasteiger partial charge in [0, 0.05) is 10.2 Å². The van der Waals surface area contributed by atoms with Crippen LogP contribution in [0.4, 0.5) is 10.5 Å². The Hall–Kier alpha value is -1.60. The van der Waals surface area contributed by atoms with Gasteiger partial charge >= 0.3 is 12.0 Å². The average Bonchev–Trinajstić information content (AvgIpc) is 2.76. The van der Waals surface area contributed by atoms with E-state index in [9.17, 15) is 14.7 Å². The van der Waals surface area contributed by atoms with Crippen LogP contribution in [0.25, 0.3) is 0 Å². The lowest BCUT2D eigenvalue weighted by molar-refractivity contribution is -0.148. The predicted molar refractivity (Wildman–Crippen MR) is 81.4 cm³/mol. The number of halogens is 1. The van der Waals surface area contributed by atoms with Crippen molar-refractivity contribution in [1.29, 1.82) is 0 Å². The Kier molecular flexibility index (Phi) is 4.53. The van der Waals surface area contributed by atoms with Crippen LogP contribution in [-0.4, -0.2) is 36.4 Å². The molecular formula is C14H17BrN2O4. The number of carbonyl (C=O) groups excluding carboxylic acids is 1. The first kappa shape index (κ1) is 15.8. The Balaban J connectivity index is 2.03. The number of benzene rings is 1. The maximum Gasteiger partial charge on any atom is 0.319 e. The number of aryl methyl sites for hydroxylation is 1. The lowest BCUT2D eigenvalue weighted by Gasteiger charge is -2.25. The molecule has 0 bridgehead atoms. The number of aliphatic carboxylic acids is 1. The molecule has 0 aliphatic carbocycles. The third-order valence-corrected chi connectivity index (χ3v) is 4.18. The van der Waals surface area contributed by atoms with E-state index >= 15 is 0 Å². The van der Waals surface area contributed by atoms with E-state index in [0.29, 0.717) is 5.69 Å². The Bertz CT molecular complexity index is 578. The number of carboxylic acid groups (broad SMARTS) is 1. The van der Waals surface area contributed by atoms with Gasteiger partial charge in [0.25, 0.3) is 0 Å². The number of nitrogens with one attached hydrogen (secondary N) is 2. The summed E-state index contributed by atoms with van der Waals surface area (Å²) in [5.41, 5.74) is 0.473. The summed E-state index contributed by atoms with van der Waals surface area (Å²) < 4.78 is 6.12. The van der Waals surface area contributed by atoms with Crippen molar-refractivity contribution >= 4 is 33.6 Å². The molecule has 1 saturated heterocycles. The van der Waals surface area contributed by atoms with Crippen LogP contribution >= 0.6 is 15.9 Å². The molecule has 2 unspecified atom stereocenters. The fraction of sp³-hybridized carbons (Fsp3) is 0.429. The van der Waals surface area contributed by atoms with Crippen LogP contribution in [0.2, 0.25) is 0 Å². The molecule has 6 nitrogen and oxygen atoms in total.